The Bertz CT molecular complexity index is 1020. The molecule has 0 fully saturated rings. The van der Waals surface area contributed by atoms with Crippen LogP contribution >= 0.6 is 0 Å². The Hall–Kier alpha value is -3.86. The second-order valence-corrected chi connectivity index (χ2v) is 5.74. The third-order valence-corrected chi connectivity index (χ3v) is 3.78. The van der Waals surface area contributed by atoms with Gasteiger partial charge in [-0.05, 0) is 48.5 Å². The molecule has 2 aromatic carbocycles. The topological polar surface area (TPSA) is 77.8 Å². The zero-order valence-electron chi connectivity index (χ0n) is 14.3. The first-order valence-electron chi connectivity index (χ1n) is 8.07. The van der Waals surface area contributed by atoms with Crippen molar-refractivity contribution < 1.29 is 18.0 Å². The van der Waals surface area contributed by atoms with Gasteiger partial charge in [-0.3, -0.25) is 4.79 Å². The van der Waals surface area contributed by atoms with Crippen LogP contribution in [0.2, 0.25) is 0 Å². The number of hydrogen-bond donors (Lipinski definition) is 2. The summed E-state index contributed by atoms with van der Waals surface area (Å²) >= 11 is 0. The minimum atomic E-state index is -4.49. The maximum atomic E-state index is 13.0. The molecule has 0 aliphatic carbocycles. The molecule has 0 unspecified atom stereocenters. The molecule has 140 valence electrons. The van der Waals surface area contributed by atoms with Crippen LogP contribution in [0, 0.1) is 11.3 Å². The Kier molecular flexibility index (Phi) is 5.27. The molecule has 1 amide bonds. The van der Waals surface area contributed by atoms with E-state index in [1.165, 1.54) is 36.5 Å². The van der Waals surface area contributed by atoms with Crippen LogP contribution in [0.15, 0.2) is 66.9 Å². The number of benzene rings is 2. The van der Waals surface area contributed by atoms with Crippen LogP contribution in [0.5, 0.6) is 0 Å². The van der Waals surface area contributed by atoms with Gasteiger partial charge in [-0.1, -0.05) is 12.1 Å². The molecule has 0 radical (unpaired) electrons. The van der Waals surface area contributed by atoms with E-state index < -0.39 is 17.6 Å². The molecule has 0 bridgehead atoms. The first-order valence-corrected chi connectivity index (χ1v) is 8.07. The Labute approximate surface area is 158 Å². The van der Waals surface area contributed by atoms with E-state index in [0.717, 1.165) is 6.07 Å². The lowest BCUT2D eigenvalue weighted by atomic mass is 10.1. The number of rotatable bonds is 4. The van der Waals surface area contributed by atoms with Crippen LogP contribution in [0.25, 0.3) is 0 Å². The number of carbonyl (C=O) groups excluding carboxylic acids is 1. The highest BCUT2D eigenvalue weighted by Crippen LogP contribution is 2.35. The monoisotopic (exact) mass is 382 g/mol. The lowest BCUT2D eigenvalue weighted by molar-refractivity contribution is -0.136. The van der Waals surface area contributed by atoms with Crippen molar-refractivity contribution in [2.24, 2.45) is 0 Å². The maximum Gasteiger partial charge on any atom is 0.418 e. The molecule has 1 heterocycles. The van der Waals surface area contributed by atoms with Gasteiger partial charge < -0.3 is 10.6 Å². The van der Waals surface area contributed by atoms with E-state index in [1.54, 1.807) is 24.3 Å². The Balaban J connectivity index is 1.71. The third kappa shape index (κ3) is 4.45. The van der Waals surface area contributed by atoms with Crippen molar-refractivity contribution in [3.05, 3.63) is 83.7 Å². The molecule has 0 saturated carbocycles. The molecule has 2 N–H and O–H groups in total. The van der Waals surface area contributed by atoms with E-state index in [-0.39, 0.29) is 11.4 Å². The predicted molar refractivity (Wildman–Crippen MR) is 98.1 cm³/mol. The summed E-state index contributed by atoms with van der Waals surface area (Å²) in [6, 6.07) is 16.2. The summed E-state index contributed by atoms with van der Waals surface area (Å²) in [5, 5.41) is 14.1. The van der Waals surface area contributed by atoms with E-state index in [4.69, 9.17) is 5.26 Å². The van der Waals surface area contributed by atoms with Crippen molar-refractivity contribution in [1.29, 1.82) is 5.26 Å². The fourth-order valence-corrected chi connectivity index (χ4v) is 2.42. The van der Waals surface area contributed by atoms with Gasteiger partial charge in [-0.2, -0.15) is 18.4 Å². The molecule has 3 aromatic rings. The zero-order chi connectivity index (χ0) is 20.1. The highest BCUT2D eigenvalue weighted by molar-refractivity contribution is 6.03. The van der Waals surface area contributed by atoms with Crippen molar-refractivity contribution >= 4 is 23.0 Å². The third-order valence-electron chi connectivity index (χ3n) is 3.78. The van der Waals surface area contributed by atoms with Crippen molar-refractivity contribution in [3.8, 4) is 6.07 Å². The number of aromatic nitrogens is 1. The Morgan fingerprint density at radius 2 is 1.64 bits per heavy atom. The summed E-state index contributed by atoms with van der Waals surface area (Å²) in [5.74, 6) is -0.480. The molecule has 0 spiro atoms. The number of nitriles is 1. The number of nitrogens with zero attached hydrogens (tertiary/aromatic N) is 2. The SMILES string of the molecule is N#Cc1ccc(NC(=O)c2ccc(Nc3ccccc3C(F)(F)F)cn2)cc1. The number of hydrogen-bond acceptors (Lipinski definition) is 4. The molecule has 3 rings (SSSR count). The summed E-state index contributed by atoms with van der Waals surface area (Å²) < 4.78 is 39.1. The molecular formula is C20H13F3N4O. The number of para-hydroxylation sites is 1. The Morgan fingerprint density at radius 1 is 0.964 bits per heavy atom. The standard InChI is InChI=1S/C20H13F3N4O/c21-20(22,23)16-3-1-2-4-17(16)26-15-9-10-18(25-12-15)19(28)27-14-7-5-13(11-24)6-8-14/h1-10,12,26H,(H,27,28). The first-order chi connectivity index (χ1) is 13.4. The van der Waals surface area contributed by atoms with Crippen LogP contribution in [0.4, 0.5) is 30.2 Å². The van der Waals surface area contributed by atoms with Gasteiger partial charge in [0.2, 0.25) is 0 Å². The predicted octanol–water partition coefficient (Wildman–Crippen LogP) is 4.97. The van der Waals surface area contributed by atoms with Gasteiger partial charge in [0.05, 0.1) is 34.8 Å². The first kappa shape index (κ1) is 18.9. The second-order valence-electron chi connectivity index (χ2n) is 5.74. The lowest BCUT2D eigenvalue weighted by Crippen LogP contribution is -2.13. The largest absolute Gasteiger partial charge is 0.418 e. The molecule has 0 saturated heterocycles. The molecule has 0 atom stereocenters. The van der Waals surface area contributed by atoms with Gasteiger partial charge in [0.1, 0.15) is 5.69 Å². The van der Waals surface area contributed by atoms with E-state index >= 15 is 0 Å². The van der Waals surface area contributed by atoms with Crippen LogP contribution in [-0.4, -0.2) is 10.9 Å². The highest BCUT2D eigenvalue weighted by atomic mass is 19.4. The van der Waals surface area contributed by atoms with Crippen LogP contribution in [0.3, 0.4) is 0 Å². The number of amides is 1. The fraction of sp³-hybridized carbons (Fsp3) is 0.0500. The molecule has 8 heteroatoms. The van der Waals surface area contributed by atoms with Crippen LogP contribution < -0.4 is 10.6 Å². The van der Waals surface area contributed by atoms with Gasteiger partial charge >= 0.3 is 6.18 Å². The minimum Gasteiger partial charge on any atom is -0.354 e. The number of halogens is 3. The van der Waals surface area contributed by atoms with Crippen LogP contribution in [0.1, 0.15) is 21.6 Å². The summed E-state index contributed by atoms with van der Waals surface area (Å²) in [6.07, 6.45) is -3.21. The lowest BCUT2D eigenvalue weighted by Gasteiger charge is -2.14. The van der Waals surface area contributed by atoms with Gasteiger partial charge in [0.15, 0.2) is 0 Å². The van der Waals surface area contributed by atoms with E-state index in [9.17, 15) is 18.0 Å². The van der Waals surface area contributed by atoms with Gasteiger partial charge in [0.25, 0.3) is 5.91 Å². The van der Waals surface area contributed by atoms with E-state index in [1.807, 2.05) is 6.07 Å². The average molecular weight is 382 g/mol. The van der Waals surface area contributed by atoms with Crippen molar-refractivity contribution in [3.63, 3.8) is 0 Å². The minimum absolute atomic E-state index is 0.0963. The normalized spacial score (nSPS) is 10.8. The number of carbonyl (C=O) groups is 1. The van der Waals surface area contributed by atoms with Crippen LogP contribution in [-0.2, 0) is 6.18 Å². The maximum absolute atomic E-state index is 13.0. The molecule has 1 aromatic heterocycles. The summed E-state index contributed by atoms with van der Waals surface area (Å²) in [5.41, 5.74) is 0.465. The number of alkyl halides is 3. The number of nitrogens with one attached hydrogen (secondary N) is 2. The van der Waals surface area contributed by atoms with E-state index in [0.29, 0.717) is 16.9 Å². The molecule has 5 nitrogen and oxygen atoms in total. The molecule has 28 heavy (non-hydrogen) atoms. The smallest absolute Gasteiger partial charge is 0.354 e. The molecular weight excluding hydrogens is 369 g/mol. The van der Waals surface area contributed by atoms with Crippen molar-refractivity contribution in [2.45, 2.75) is 6.18 Å². The summed E-state index contributed by atoms with van der Waals surface area (Å²) in [7, 11) is 0. The van der Waals surface area contributed by atoms with E-state index in [2.05, 4.69) is 15.6 Å². The number of anilines is 3. The zero-order valence-corrected chi connectivity index (χ0v) is 14.3. The number of pyridine rings is 1. The second kappa shape index (κ2) is 7.80. The quantitative estimate of drug-likeness (QED) is 0.668. The van der Waals surface area contributed by atoms with Gasteiger partial charge in [0, 0.05) is 5.69 Å². The summed E-state index contributed by atoms with van der Waals surface area (Å²) in [6.45, 7) is 0. The molecule has 0 aliphatic heterocycles. The van der Waals surface area contributed by atoms with Gasteiger partial charge in [-0.25, -0.2) is 4.98 Å². The average Bonchev–Trinajstić information content (AvgIpc) is 2.69. The highest BCUT2D eigenvalue weighted by Gasteiger charge is 2.33. The Morgan fingerprint density at radius 3 is 2.25 bits per heavy atom. The van der Waals surface area contributed by atoms with Crippen molar-refractivity contribution in [2.75, 3.05) is 10.6 Å². The fourth-order valence-electron chi connectivity index (χ4n) is 2.42. The van der Waals surface area contributed by atoms with Crippen molar-refractivity contribution in [1.82, 2.24) is 4.98 Å². The van der Waals surface area contributed by atoms with Gasteiger partial charge in [-0.15, -0.1) is 0 Å². The summed E-state index contributed by atoms with van der Waals surface area (Å²) in [4.78, 5) is 16.2. The molecule has 0 aliphatic rings.